The molecule has 15 heavy (non-hydrogen) atoms. The molecule has 0 aromatic carbocycles. The molecule has 1 amide bonds. The molecule has 0 bridgehead atoms. The van der Waals surface area contributed by atoms with E-state index in [2.05, 4.69) is 10.3 Å². The number of likely N-dealkylation sites (tertiary alicyclic amines) is 1. The first-order chi connectivity index (χ1) is 7.24. The molecule has 1 spiro atoms. The lowest BCUT2D eigenvalue weighted by atomic mass is 9.86. The minimum atomic E-state index is -0.0534. The van der Waals surface area contributed by atoms with Crippen molar-refractivity contribution in [2.45, 2.75) is 38.5 Å². The van der Waals surface area contributed by atoms with Crippen LogP contribution in [0.5, 0.6) is 0 Å². The second-order valence-corrected chi connectivity index (χ2v) is 5.05. The van der Waals surface area contributed by atoms with E-state index >= 15 is 0 Å². The van der Waals surface area contributed by atoms with E-state index in [1.807, 2.05) is 0 Å². The van der Waals surface area contributed by atoms with Gasteiger partial charge in [0.15, 0.2) is 0 Å². The summed E-state index contributed by atoms with van der Waals surface area (Å²) in [5, 5.41) is 0. The normalized spacial score (nSPS) is 24.9. The lowest BCUT2D eigenvalue weighted by molar-refractivity contribution is -0.121. The summed E-state index contributed by atoms with van der Waals surface area (Å²) >= 11 is 0. The van der Waals surface area contributed by atoms with Gasteiger partial charge in [0.25, 0.3) is 0 Å². The van der Waals surface area contributed by atoms with Crippen LogP contribution < -0.4 is 11.3 Å². The first-order valence-electron chi connectivity index (χ1n) is 5.96. The zero-order valence-corrected chi connectivity index (χ0v) is 9.30. The highest BCUT2D eigenvalue weighted by atomic mass is 16.2. The largest absolute Gasteiger partial charge is 0.302 e. The predicted octanol–water partition coefficient (Wildman–Crippen LogP) is 0.632. The molecule has 4 nitrogen and oxygen atoms in total. The van der Waals surface area contributed by atoms with E-state index in [4.69, 9.17) is 5.84 Å². The highest BCUT2D eigenvalue weighted by molar-refractivity contribution is 5.75. The van der Waals surface area contributed by atoms with Gasteiger partial charge in [-0.1, -0.05) is 12.8 Å². The van der Waals surface area contributed by atoms with Crippen molar-refractivity contribution in [3.63, 3.8) is 0 Å². The number of amides is 1. The van der Waals surface area contributed by atoms with Crippen molar-refractivity contribution < 1.29 is 4.79 Å². The van der Waals surface area contributed by atoms with Crippen LogP contribution in [0, 0.1) is 5.41 Å². The number of hydrazine groups is 1. The SMILES string of the molecule is NNC(=O)CCN1CCC2(CCCC2)C1. The van der Waals surface area contributed by atoms with Crippen LogP contribution in [0.15, 0.2) is 0 Å². The Morgan fingerprint density at radius 3 is 2.73 bits per heavy atom. The van der Waals surface area contributed by atoms with E-state index in [9.17, 15) is 4.79 Å². The quantitative estimate of drug-likeness (QED) is 0.409. The van der Waals surface area contributed by atoms with Crippen LogP contribution in [0.3, 0.4) is 0 Å². The van der Waals surface area contributed by atoms with Crippen LogP contribution >= 0.6 is 0 Å². The molecule has 1 saturated carbocycles. The van der Waals surface area contributed by atoms with Crippen LogP contribution in [0.2, 0.25) is 0 Å². The summed E-state index contributed by atoms with van der Waals surface area (Å²) in [6.45, 7) is 3.23. The molecule has 1 saturated heterocycles. The average molecular weight is 211 g/mol. The predicted molar refractivity (Wildman–Crippen MR) is 58.9 cm³/mol. The van der Waals surface area contributed by atoms with Gasteiger partial charge in [0.05, 0.1) is 0 Å². The fourth-order valence-corrected chi connectivity index (χ4v) is 3.08. The molecule has 1 heterocycles. The van der Waals surface area contributed by atoms with Gasteiger partial charge in [-0.15, -0.1) is 0 Å². The lowest BCUT2D eigenvalue weighted by Crippen LogP contribution is -2.34. The smallest absolute Gasteiger partial charge is 0.235 e. The molecule has 2 rings (SSSR count). The summed E-state index contributed by atoms with van der Waals surface area (Å²) < 4.78 is 0. The Labute approximate surface area is 91.2 Å². The molecule has 86 valence electrons. The summed E-state index contributed by atoms with van der Waals surface area (Å²) in [6, 6.07) is 0. The Kier molecular flexibility index (Phi) is 3.26. The van der Waals surface area contributed by atoms with Crippen LogP contribution in [0.25, 0.3) is 0 Å². The molecular formula is C11H21N3O. The summed E-state index contributed by atoms with van der Waals surface area (Å²) in [7, 11) is 0. The molecule has 0 aromatic heterocycles. The molecule has 1 aliphatic carbocycles. The lowest BCUT2D eigenvalue weighted by Gasteiger charge is -2.23. The molecular weight excluding hydrogens is 190 g/mol. The number of carbonyl (C=O) groups excluding carboxylic acids is 1. The van der Waals surface area contributed by atoms with Crippen molar-refractivity contribution in [2.75, 3.05) is 19.6 Å². The van der Waals surface area contributed by atoms with Gasteiger partial charge in [0, 0.05) is 19.5 Å². The number of nitrogens with two attached hydrogens (primary N) is 1. The van der Waals surface area contributed by atoms with Gasteiger partial charge >= 0.3 is 0 Å². The highest BCUT2D eigenvalue weighted by Gasteiger charge is 2.39. The minimum Gasteiger partial charge on any atom is -0.302 e. The first kappa shape index (κ1) is 10.9. The van der Waals surface area contributed by atoms with Gasteiger partial charge in [-0.25, -0.2) is 5.84 Å². The van der Waals surface area contributed by atoms with E-state index in [-0.39, 0.29) is 5.91 Å². The third-order valence-electron chi connectivity index (χ3n) is 4.00. The maximum absolute atomic E-state index is 11.0. The second-order valence-electron chi connectivity index (χ2n) is 5.05. The Balaban J connectivity index is 1.75. The zero-order valence-electron chi connectivity index (χ0n) is 9.30. The van der Waals surface area contributed by atoms with E-state index in [0.29, 0.717) is 11.8 Å². The van der Waals surface area contributed by atoms with Crippen molar-refractivity contribution in [2.24, 2.45) is 11.3 Å². The summed E-state index contributed by atoms with van der Waals surface area (Å²) in [4.78, 5) is 13.4. The van der Waals surface area contributed by atoms with Gasteiger partial charge < -0.3 is 4.90 Å². The summed E-state index contributed by atoms with van der Waals surface area (Å²) in [5.41, 5.74) is 2.79. The number of hydrogen-bond acceptors (Lipinski definition) is 3. The van der Waals surface area contributed by atoms with E-state index < -0.39 is 0 Å². The number of nitrogens with zero attached hydrogens (tertiary/aromatic N) is 1. The molecule has 0 aromatic rings. The standard InChI is InChI=1S/C11H21N3O/c12-13-10(15)3-7-14-8-6-11(9-14)4-1-2-5-11/h1-9,12H2,(H,13,15). The Morgan fingerprint density at radius 2 is 2.07 bits per heavy atom. The number of nitrogens with one attached hydrogen (secondary N) is 1. The fourth-order valence-electron chi connectivity index (χ4n) is 3.08. The third kappa shape index (κ3) is 2.49. The molecule has 4 heteroatoms. The van der Waals surface area contributed by atoms with Gasteiger partial charge in [0.1, 0.15) is 0 Å². The minimum absolute atomic E-state index is 0.0534. The monoisotopic (exact) mass is 211 g/mol. The second kappa shape index (κ2) is 4.49. The van der Waals surface area contributed by atoms with Crippen molar-refractivity contribution in [1.82, 2.24) is 10.3 Å². The Hall–Kier alpha value is -0.610. The van der Waals surface area contributed by atoms with E-state index in [0.717, 1.165) is 13.1 Å². The Bertz CT molecular complexity index is 236. The molecule has 0 unspecified atom stereocenters. The van der Waals surface area contributed by atoms with Crippen molar-refractivity contribution in [3.05, 3.63) is 0 Å². The maximum Gasteiger partial charge on any atom is 0.235 e. The number of carbonyl (C=O) groups is 1. The topological polar surface area (TPSA) is 58.4 Å². The zero-order chi connectivity index (χ0) is 10.7. The molecule has 1 aliphatic heterocycles. The fraction of sp³-hybridized carbons (Fsp3) is 0.909. The Morgan fingerprint density at radius 1 is 1.33 bits per heavy atom. The maximum atomic E-state index is 11.0. The first-order valence-corrected chi connectivity index (χ1v) is 5.96. The van der Waals surface area contributed by atoms with E-state index in [1.54, 1.807) is 0 Å². The van der Waals surface area contributed by atoms with Crippen molar-refractivity contribution >= 4 is 5.91 Å². The number of rotatable bonds is 3. The molecule has 3 N–H and O–H groups in total. The van der Waals surface area contributed by atoms with Gasteiger partial charge in [-0.05, 0) is 31.2 Å². The van der Waals surface area contributed by atoms with Crippen LogP contribution in [0.4, 0.5) is 0 Å². The highest BCUT2D eigenvalue weighted by Crippen LogP contribution is 2.45. The van der Waals surface area contributed by atoms with Gasteiger partial charge in [-0.2, -0.15) is 0 Å². The van der Waals surface area contributed by atoms with Crippen LogP contribution in [0.1, 0.15) is 38.5 Å². The third-order valence-corrected chi connectivity index (χ3v) is 4.00. The average Bonchev–Trinajstić information content (AvgIpc) is 2.86. The number of hydrogen-bond donors (Lipinski definition) is 2. The van der Waals surface area contributed by atoms with Gasteiger partial charge in [0.2, 0.25) is 5.91 Å². The molecule has 2 fully saturated rings. The van der Waals surface area contributed by atoms with Crippen molar-refractivity contribution in [3.8, 4) is 0 Å². The van der Waals surface area contributed by atoms with Crippen LogP contribution in [-0.2, 0) is 4.79 Å². The summed E-state index contributed by atoms with van der Waals surface area (Å²) in [6.07, 6.45) is 7.46. The van der Waals surface area contributed by atoms with E-state index in [1.165, 1.54) is 38.6 Å². The molecule has 2 aliphatic rings. The summed E-state index contributed by atoms with van der Waals surface area (Å²) in [5.74, 6) is 5.00. The molecule has 0 radical (unpaired) electrons. The van der Waals surface area contributed by atoms with Crippen LogP contribution in [-0.4, -0.2) is 30.4 Å². The molecule has 0 atom stereocenters. The van der Waals surface area contributed by atoms with Gasteiger partial charge in [-0.3, -0.25) is 10.2 Å². The van der Waals surface area contributed by atoms with Crippen molar-refractivity contribution in [1.29, 1.82) is 0 Å².